The van der Waals surface area contributed by atoms with Gasteiger partial charge in [0.25, 0.3) is 0 Å². The van der Waals surface area contributed by atoms with E-state index in [-0.39, 0.29) is 6.42 Å². The van der Waals surface area contributed by atoms with Crippen molar-refractivity contribution in [3.8, 4) is 0 Å². The minimum absolute atomic E-state index is 0.0182. The molecule has 0 saturated heterocycles. The lowest BCUT2D eigenvalue weighted by Crippen LogP contribution is -2.52. The second-order valence-electron chi connectivity index (χ2n) is 5.04. The van der Waals surface area contributed by atoms with Gasteiger partial charge in [0.1, 0.15) is 17.9 Å². The largest absolute Gasteiger partial charge is 0.467 e. The van der Waals surface area contributed by atoms with Gasteiger partial charge in [-0.15, -0.1) is 0 Å². The third-order valence-corrected chi connectivity index (χ3v) is 3.29. The Morgan fingerprint density at radius 1 is 1.17 bits per heavy atom. The Hall–Kier alpha value is -2.44. The zero-order valence-corrected chi connectivity index (χ0v) is 13.4. The molecule has 2 amide bonds. The Morgan fingerprint density at radius 3 is 2.35 bits per heavy atom. The van der Waals surface area contributed by atoms with Crippen LogP contribution in [0.3, 0.4) is 0 Å². The molecule has 126 valence electrons. The number of rotatable bonds is 7. The molecule has 0 spiro atoms. The molecule has 0 unspecified atom stereocenters. The van der Waals surface area contributed by atoms with E-state index in [1.807, 2.05) is 0 Å². The predicted octanol–water partition coefficient (Wildman–Crippen LogP) is 0.941. The molecule has 2 N–H and O–H groups in total. The number of amides is 2. The summed E-state index contributed by atoms with van der Waals surface area (Å²) in [6, 6.07) is 4.20. The van der Waals surface area contributed by atoms with Gasteiger partial charge in [0.15, 0.2) is 0 Å². The monoisotopic (exact) mass is 324 g/mol. The highest BCUT2D eigenvalue weighted by Gasteiger charge is 2.26. The number of carbonyl (C=O) groups is 3. The van der Waals surface area contributed by atoms with Gasteiger partial charge in [0.2, 0.25) is 11.8 Å². The lowest BCUT2D eigenvalue weighted by atomic mass is 10.0. The lowest BCUT2D eigenvalue weighted by Gasteiger charge is -2.21. The number of nitrogens with one attached hydrogen (secondary N) is 2. The Kier molecular flexibility index (Phi) is 7.18. The first-order valence-electron chi connectivity index (χ1n) is 7.27. The molecular formula is C16H21FN2O4. The van der Waals surface area contributed by atoms with E-state index in [9.17, 15) is 18.8 Å². The Labute approximate surface area is 134 Å². The van der Waals surface area contributed by atoms with Crippen LogP contribution in [0.1, 0.15) is 25.8 Å². The summed E-state index contributed by atoms with van der Waals surface area (Å²) in [6.45, 7) is 2.98. The number of carbonyl (C=O) groups excluding carboxylic acids is 3. The van der Waals surface area contributed by atoms with Crippen LogP contribution in [0, 0.1) is 5.82 Å². The predicted molar refractivity (Wildman–Crippen MR) is 81.9 cm³/mol. The second kappa shape index (κ2) is 8.87. The van der Waals surface area contributed by atoms with E-state index in [1.54, 1.807) is 13.0 Å². The molecule has 2 atom stereocenters. The molecule has 23 heavy (non-hydrogen) atoms. The standard InChI is InChI=1S/C16H21FN2O4/c1-4-13(16(22)23-3)19-15(21)14(18-10(2)20)9-11-7-5-6-8-12(11)17/h5-8,13-14H,4,9H2,1-3H3,(H,18,20)(H,19,21)/t13-,14-/m1/s1. The van der Waals surface area contributed by atoms with Crippen LogP contribution in [0.25, 0.3) is 0 Å². The summed E-state index contributed by atoms with van der Waals surface area (Å²) in [7, 11) is 1.22. The molecule has 0 aliphatic heterocycles. The van der Waals surface area contributed by atoms with Gasteiger partial charge >= 0.3 is 5.97 Å². The number of benzene rings is 1. The van der Waals surface area contributed by atoms with Crippen molar-refractivity contribution in [3.05, 3.63) is 35.6 Å². The number of halogens is 1. The van der Waals surface area contributed by atoms with Crippen LogP contribution in [-0.2, 0) is 25.5 Å². The fourth-order valence-corrected chi connectivity index (χ4v) is 2.08. The zero-order chi connectivity index (χ0) is 17.4. The summed E-state index contributed by atoms with van der Waals surface area (Å²) in [4.78, 5) is 35.2. The molecular weight excluding hydrogens is 303 g/mol. The highest BCUT2D eigenvalue weighted by Crippen LogP contribution is 2.10. The Bertz CT molecular complexity index is 577. The summed E-state index contributed by atoms with van der Waals surface area (Å²) in [6.07, 6.45) is 0.320. The molecule has 0 aromatic heterocycles. The van der Waals surface area contributed by atoms with Gasteiger partial charge in [-0.2, -0.15) is 0 Å². The molecule has 1 aromatic rings. The van der Waals surface area contributed by atoms with Crippen LogP contribution in [-0.4, -0.2) is 37.0 Å². The van der Waals surface area contributed by atoms with Gasteiger partial charge in [-0.05, 0) is 18.1 Å². The molecule has 1 rings (SSSR count). The number of esters is 1. The maximum absolute atomic E-state index is 13.7. The third-order valence-electron chi connectivity index (χ3n) is 3.29. The second-order valence-corrected chi connectivity index (χ2v) is 5.04. The maximum atomic E-state index is 13.7. The van der Waals surface area contributed by atoms with Gasteiger partial charge in [-0.1, -0.05) is 25.1 Å². The minimum atomic E-state index is -0.983. The highest BCUT2D eigenvalue weighted by molar-refractivity contribution is 5.90. The van der Waals surface area contributed by atoms with E-state index in [1.165, 1.54) is 32.2 Å². The van der Waals surface area contributed by atoms with Crippen molar-refractivity contribution in [3.63, 3.8) is 0 Å². The van der Waals surface area contributed by atoms with E-state index >= 15 is 0 Å². The lowest BCUT2D eigenvalue weighted by molar-refractivity contribution is -0.145. The number of ether oxygens (including phenoxy) is 1. The first kappa shape index (κ1) is 18.6. The normalized spacial score (nSPS) is 12.9. The van der Waals surface area contributed by atoms with Gasteiger partial charge in [-0.3, -0.25) is 9.59 Å². The number of methoxy groups -OCH3 is 1. The SMILES string of the molecule is CC[C@@H](NC(=O)[C@@H](Cc1ccccc1F)NC(C)=O)C(=O)OC. The summed E-state index contributed by atoms with van der Waals surface area (Å²) in [5.41, 5.74) is 0.299. The van der Waals surface area contributed by atoms with Crippen LogP contribution in [0.4, 0.5) is 4.39 Å². The van der Waals surface area contributed by atoms with Crippen LogP contribution in [0.2, 0.25) is 0 Å². The molecule has 0 saturated carbocycles. The van der Waals surface area contributed by atoms with Crippen molar-refractivity contribution >= 4 is 17.8 Å². The Balaban J connectivity index is 2.88. The van der Waals surface area contributed by atoms with E-state index in [0.717, 1.165) is 0 Å². The van der Waals surface area contributed by atoms with Crippen molar-refractivity contribution in [2.75, 3.05) is 7.11 Å². The van der Waals surface area contributed by atoms with E-state index in [0.29, 0.717) is 12.0 Å². The molecule has 0 radical (unpaired) electrons. The molecule has 0 heterocycles. The van der Waals surface area contributed by atoms with Crippen molar-refractivity contribution < 1.29 is 23.5 Å². The van der Waals surface area contributed by atoms with Gasteiger partial charge < -0.3 is 15.4 Å². The first-order chi connectivity index (χ1) is 10.9. The van der Waals surface area contributed by atoms with E-state index < -0.39 is 35.7 Å². The molecule has 0 aliphatic carbocycles. The van der Waals surface area contributed by atoms with E-state index in [4.69, 9.17) is 0 Å². The van der Waals surface area contributed by atoms with Gasteiger partial charge in [0, 0.05) is 13.3 Å². The average Bonchev–Trinajstić information content (AvgIpc) is 2.52. The van der Waals surface area contributed by atoms with Crippen molar-refractivity contribution in [2.24, 2.45) is 0 Å². The van der Waals surface area contributed by atoms with Crippen molar-refractivity contribution in [1.29, 1.82) is 0 Å². The minimum Gasteiger partial charge on any atom is -0.467 e. The summed E-state index contributed by atoms with van der Waals surface area (Å²) in [5, 5.41) is 4.98. The molecule has 6 nitrogen and oxygen atoms in total. The van der Waals surface area contributed by atoms with Crippen LogP contribution in [0.15, 0.2) is 24.3 Å². The van der Waals surface area contributed by atoms with E-state index in [2.05, 4.69) is 15.4 Å². The molecule has 0 aliphatic rings. The Morgan fingerprint density at radius 2 is 1.83 bits per heavy atom. The van der Waals surface area contributed by atoms with Gasteiger partial charge in [0.05, 0.1) is 7.11 Å². The first-order valence-corrected chi connectivity index (χ1v) is 7.27. The third kappa shape index (κ3) is 5.69. The van der Waals surface area contributed by atoms with Crippen LogP contribution >= 0.6 is 0 Å². The summed E-state index contributed by atoms with van der Waals surface area (Å²) >= 11 is 0. The highest BCUT2D eigenvalue weighted by atomic mass is 19.1. The zero-order valence-electron chi connectivity index (χ0n) is 13.4. The van der Waals surface area contributed by atoms with Crippen LogP contribution in [0.5, 0.6) is 0 Å². The molecule has 7 heteroatoms. The number of hydrogen-bond donors (Lipinski definition) is 2. The van der Waals surface area contributed by atoms with Crippen molar-refractivity contribution in [1.82, 2.24) is 10.6 Å². The molecule has 0 bridgehead atoms. The smallest absolute Gasteiger partial charge is 0.328 e. The van der Waals surface area contributed by atoms with Gasteiger partial charge in [-0.25, -0.2) is 9.18 Å². The quantitative estimate of drug-likeness (QED) is 0.731. The summed E-state index contributed by atoms with van der Waals surface area (Å²) < 4.78 is 18.3. The van der Waals surface area contributed by atoms with Crippen molar-refractivity contribution in [2.45, 2.75) is 38.8 Å². The fraction of sp³-hybridized carbons (Fsp3) is 0.438. The fourth-order valence-electron chi connectivity index (χ4n) is 2.08. The molecule has 0 fully saturated rings. The number of hydrogen-bond acceptors (Lipinski definition) is 4. The summed E-state index contributed by atoms with van der Waals surface area (Å²) in [5.74, 6) is -2.03. The topological polar surface area (TPSA) is 84.5 Å². The van der Waals surface area contributed by atoms with Crippen LogP contribution < -0.4 is 10.6 Å². The maximum Gasteiger partial charge on any atom is 0.328 e. The molecule has 1 aromatic carbocycles. The average molecular weight is 324 g/mol.